The Kier molecular flexibility index (Phi) is 2.82. The van der Waals surface area contributed by atoms with Gasteiger partial charge in [0, 0.05) is 23.3 Å². The maximum absolute atomic E-state index is 9.63. The molecule has 0 fully saturated rings. The van der Waals surface area contributed by atoms with Crippen molar-refractivity contribution in [3.63, 3.8) is 0 Å². The van der Waals surface area contributed by atoms with Crippen LogP contribution in [0.3, 0.4) is 0 Å². The Hall–Kier alpha value is -2.56. The van der Waals surface area contributed by atoms with E-state index < -0.39 is 0 Å². The molecule has 0 saturated carbocycles. The second-order valence-corrected chi connectivity index (χ2v) is 5.42. The van der Waals surface area contributed by atoms with Gasteiger partial charge in [0.1, 0.15) is 23.4 Å². The molecule has 0 amide bonds. The number of phenolic OH excluding ortho intramolecular Hbond substituents is 1. The summed E-state index contributed by atoms with van der Waals surface area (Å²) in [4.78, 5) is 0. The first kappa shape index (κ1) is 13.1. The molecule has 114 valence electrons. The summed E-state index contributed by atoms with van der Waals surface area (Å²) in [7, 11) is 3.20. The number of benzene rings is 2. The van der Waals surface area contributed by atoms with Gasteiger partial charge in [-0.2, -0.15) is 0 Å². The van der Waals surface area contributed by atoms with Gasteiger partial charge in [-0.25, -0.2) is 0 Å². The van der Waals surface area contributed by atoms with Crippen LogP contribution in [0.1, 0.15) is 23.1 Å². The molecule has 0 saturated heterocycles. The van der Waals surface area contributed by atoms with E-state index in [1.807, 2.05) is 18.2 Å². The number of fused-ring (bicyclic) bond motifs is 5. The molecular formula is C17H16O5. The van der Waals surface area contributed by atoms with Crippen LogP contribution in [0.15, 0.2) is 30.3 Å². The van der Waals surface area contributed by atoms with Gasteiger partial charge in [0.15, 0.2) is 11.5 Å². The van der Waals surface area contributed by atoms with Crippen molar-refractivity contribution in [3.05, 3.63) is 41.5 Å². The first-order chi connectivity index (χ1) is 10.7. The van der Waals surface area contributed by atoms with Gasteiger partial charge in [0.25, 0.3) is 0 Å². The van der Waals surface area contributed by atoms with E-state index in [9.17, 15) is 5.11 Å². The number of methoxy groups -OCH3 is 2. The Labute approximate surface area is 128 Å². The van der Waals surface area contributed by atoms with E-state index in [4.69, 9.17) is 18.9 Å². The summed E-state index contributed by atoms with van der Waals surface area (Å²) in [6.07, 6.45) is -0.139. The molecule has 0 aliphatic carbocycles. The van der Waals surface area contributed by atoms with Crippen LogP contribution in [-0.4, -0.2) is 25.9 Å². The van der Waals surface area contributed by atoms with Gasteiger partial charge >= 0.3 is 0 Å². The fourth-order valence-electron chi connectivity index (χ4n) is 3.17. The van der Waals surface area contributed by atoms with Crippen molar-refractivity contribution in [1.82, 2.24) is 0 Å². The monoisotopic (exact) mass is 300 g/mol. The molecule has 0 radical (unpaired) electrons. The van der Waals surface area contributed by atoms with Crippen LogP contribution in [0, 0.1) is 0 Å². The quantitative estimate of drug-likeness (QED) is 0.924. The summed E-state index contributed by atoms with van der Waals surface area (Å²) in [6.45, 7) is 0.533. The number of hydrogen-bond acceptors (Lipinski definition) is 5. The van der Waals surface area contributed by atoms with Crippen molar-refractivity contribution in [3.8, 4) is 28.7 Å². The van der Waals surface area contributed by atoms with Gasteiger partial charge in [-0.3, -0.25) is 0 Å². The summed E-state index contributed by atoms with van der Waals surface area (Å²) in [5.74, 6) is 3.05. The van der Waals surface area contributed by atoms with Crippen LogP contribution < -0.4 is 18.9 Å². The smallest absolute Gasteiger partial charge is 0.164 e. The van der Waals surface area contributed by atoms with E-state index >= 15 is 0 Å². The van der Waals surface area contributed by atoms with Crippen LogP contribution >= 0.6 is 0 Å². The lowest BCUT2D eigenvalue weighted by Crippen LogP contribution is -2.23. The van der Waals surface area contributed by atoms with Crippen LogP contribution in [0.2, 0.25) is 0 Å². The van der Waals surface area contributed by atoms with E-state index in [0.29, 0.717) is 23.9 Å². The lowest BCUT2D eigenvalue weighted by atomic mass is 9.89. The summed E-state index contributed by atoms with van der Waals surface area (Å²) in [5.41, 5.74) is 1.99. The highest BCUT2D eigenvalue weighted by Gasteiger charge is 2.41. The van der Waals surface area contributed by atoms with Gasteiger partial charge in [0.05, 0.1) is 26.7 Å². The normalized spacial score (nSPS) is 21.0. The zero-order valence-corrected chi connectivity index (χ0v) is 12.3. The molecule has 4 rings (SSSR count). The number of ether oxygens (including phenoxy) is 4. The Morgan fingerprint density at radius 3 is 2.55 bits per heavy atom. The first-order valence-electron chi connectivity index (χ1n) is 7.09. The highest BCUT2D eigenvalue weighted by molar-refractivity contribution is 5.56. The molecule has 2 atom stereocenters. The topological polar surface area (TPSA) is 57.2 Å². The Balaban J connectivity index is 1.80. The molecular weight excluding hydrogens is 284 g/mol. The molecule has 22 heavy (non-hydrogen) atoms. The summed E-state index contributed by atoms with van der Waals surface area (Å²) in [6, 6.07) is 8.94. The van der Waals surface area contributed by atoms with E-state index in [2.05, 4.69) is 0 Å². The Morgan fingerprint density at radius 2 is 1.77 bits per heavy atom. The van der Waals surface area contributed by atoms with Crippen molar-refractivity contribution in [2.75, 3.05) is 20.8 Å². The molecule has 5 nitrogen and oxygen atoms in total. The molecule has 2 aliphatic heterocycles. The molecule has 2 aliphatic rings. The largest absolute Gasteiger partial charge is 0.508 e. The van der Waals surface area contributed by atoms with Crippen molar-refractivity contribution in [2.45, 2.75) is 12.0 Å². The van der Waals surface area contributed by atoms with Gasteiger partial charge in [-0.15, -0.1) is 0 Å². The SMILES string of the molecule is COc1cc2c(cc1OC)[C@@H]1Oc3cc(O)ccc3[C@@H]1CO2. The van der Waals surface area contributed by atoms with E-state index in [-0.39, 0.29) is 17.8 Å². The van der Waals surface area contributed by atoms with Crippen molar-refractivity contribution >= 4 is 0 Å². The molecule has 1 N–H and O–H groups in total. The summed E-state index contributed by atoms with van der Waals surface area (Å²) in [5, 5.41) is 9.63. The van der Waals surface area contributed by atoms with Crippen LogP contribution in [-0.2, 0) is 0 Å². The second-order valence-electron chi connectivity index (χ2n) is 5.42. The average molecular weight is 300 g/mol. The molecule has 0 unspecified atom stereocenters. The molecule has 2 heterocycles. The van der Waals surface area contributed by atoms with Crippen molar-refractivity contribution < 1.29 is 24.1 Å². The third kappa shape index (κ3) is 1.78. The van der Waals surface area contributed by atoms with Gasteiger partial charge < -0.3 is 24.1 Å². The fourth-order valence-corrected chi connectivity index (χ4v) is 3.17. The first-order valence-corrected chi connectivity index (χ1v) is 7.09. The van der Waals surface area contributed by atoms with Crippen molar-refractivity contribution in [2.24, 2.45) is 0 Å². The zero-order chi connectivity index (χ0) is 15.3. The number of hydrogen-bond donors (Lipinski definition) is 1. The molecule has 0 bridgehead atoms. The molecule has 2 aromatic rings. The third-order valence-electron chi connectivity index (χ3n) is 4.26. The third-order valence-corrected chi connectivity index (χ3v) is 4.26. The van der Waals surface area contributed by atoms with Crippen molar-refractivity contribution in [1.29, 1.82) is 0 Å². The molecule has 5 heteroatoms. The van der Waals surface area contributed by atoms with Crippen LogP contribution in [0.4, 0.5) is 0 Å². The second kappa shape index (κ2) is 4.73. The minimum Gasteiger partial charge on any atom is -0.508 e. The fraction of sp³-hybridized carbons (Fsp3) is 0.294. The van der Waals surface area contributed by atoms with E-state index in [1.54, 1.807) is 26.4 Å². The van der Waals surface area contributed by atoms with Crippen LogP contribution in [0.25, 0.3) is 0 Å². The summed E-state index contributed by atoms with van der Waals surface area (Å²) >= 11 is 0. The maximum atomic E-state index is 9.63. The number of rotatable bonds is 2. The summed E-state index contributed by atoms with van der Waals surface area (Å²) < 4.78 is 22.6. The Morgan fingerprint density at radius 1 is 1.00 bits per heavy atom. The lowest BCUT2D eigenvalue weighted by molar-refractivity contribution is 0.138. The maximum Gasteiger partial charge on any atom is 0.164 e. The Bertz CT molecular complexity index is 740. The number of aromatic hydroxyl groups is 1. The molecule has 2 aromatic carbocycles. The zero-order valence-electron chi connectivity index (χ0n) is 12.3. The van der Waals surface area contributed by atoms with E-state index in [0.717, 1.165) is 16.9 Å². The average Bonchev–Trinajstić information content (AvgIpc) is 2.91. The highest BCUT2D eigenvalue weighted by Crippen LogP contribution is 2.53. The minimum absolute atomic E-state index is 0.112. The van der Waals surface area contributed by atoms with E-state index in [1.165, 1.54) is 0 Å². The molecule has 0 spiro atoms. The molecule has 0 aromatic heterocycles. The van der Waals surface area contributed by atoms with Gasteiger partial charge in [-0.1, -0.05) is 6.07 Å². The lowest BCUT2D eigenvalue weighted by Gasteiger charge is -2.28. The predicted octanol–water partition coefficient (Wildman–Crippen LogP) is 3.02. The highest BCUT2D eigenvalue weighted by atomic mass is 16.5. The van der Waals surface area contributed by atoms with Crippen LogP contribution in [0.5, 0.6) is 28.7 Å². The van der Waals surface area contributed by atoms with Gasteiger partial charge in [-0.05, 0) is 12.1 Å². The minimum atomic E-state index is -0.139. The number of phenols is 1. The van der Waals surface area contributed by atoms with Gasteiger partial charge in [0.2, 0.25) is 0 Å². The predicted molar refractivity (Wildman–Crippen MR) is 79.3 cm³/mol. The standard InChI is InChI=1S/C17H16O5/c1-19-15-6-11-13(7-16(15)20-2)21-8-12-10-4-3-9(18)5-14(10)22-17(11)12/h3-7,12,17-18H,8H2,1-2H3/t12-,17-/m0/s1.